The van der Waals surface area contributed by atoms with E-state index in [1.54, 1.807) is 6.92 Å². The zero-order valence-corrected chi connectivity index (χ0v) is 9.93. The summed E-state index contributed by atoms with van der Waals surface area (Å²) in [6.45, 7) is 3.71. The summed E-state index contributed by atoms with van der Waals surface area (Å²) in [5.41, 5.74) is 0. The van der Waals surface area contributed by atoms with Crippen molar-refractivity contribution < 1.29 is 13.2 Å². The van der Waals surface area contributed by atoms with Gasteiger partial charge in [-0.3, -0.25) is 9.52 Å². The van der Waals surface area contributed by atoms with Crippen molar-refractivity contribution in [2.45, 2.75) is 44.3 Å². The molecule has 2 saturated carbocycles. The van der Waals surface area contributed by atoms with Gasteiger partial charge in [0.1, 0.15) is 0 Å². The standard InChI is InChI=1S/C10H17NO3S/c1-3-7-6-8(7)9(12)11-15(13,14)10(2)4-5-10/h7-8H,3-6H2,1-2H3,(H,11,12). The molecular formula is C10H17NO3S. The Bertz CT molecular complexity index is 383. The fourth-order valence-electron chi connectivity index (χ4n) is 1.80. The third kappa shape index (κ3) is 1.89. The number of rotatable bonds is 4. The fourth-order valence-corrected chi connectivity index (χ4v) is 3.10. The zero-order chi connectivity index (χ0) is 11.3. The predicted molar refractivity (Wildman–Crippen MR) is 56.6 cm³/mol. The van der Waals surface area contributed by atoms with Gasteiger partial charge in [-0.1, -0.05) is 13.3 Å². The van der Waals surface area contributed by atoms with E-state index in [2.05, 4.69) is 4.72 Å². The maximum absolute atomic E-state index is 11.7. The second kappa shape index (κ2) is 3.20. The third-order valence-electron chi connectivity index (χ3n) is 3.62. The summed E-state index contributed by atoms with van der Waals surface area (Å²) < 4.78 is 25.0. The predicted octanol–water partition coefficient (Wildman–Crippen LogP) is 1.03. The van der Waals surface area contributed by atoms with Crippen LogP contribution in [0.3, 0.4) is 0 Å². The average molecular weight is 231 g/mol. The number of carbonyl (C=O) groups excluding carboxylic acids is 1. The molecule has 0 spiro atoms. The molecule has 1 amide bonds. The Balaban J connectivity index is 1.95. The molecule has 5 heteroatoms. The van der Waals surface area contributed by atoms with E-state index in [-0.39, 0.29) is 11.8 Å². The van der Waals surface area contributed by atoms with Crippen molar-refractivity contribution in [3.05, 3.63) is 0 Å². The molecule has 1 N–H and O–H groups in total. The first-order valence-corrected chi connectivity index (χ1v) is 6.94. The quantitative estimate of drug-likeness (QED) is 0.786. The van der Waals surface area contributed by atoms with Crippen molar-refractivity contribution in [3.63, 3.8) is 0 Å². The number of hydrogen-bond donors (Lipinski definition) is 1. The van der Waals surface area contributed by atoms with Crippen molar-refractivity contribution in [3.8, 4) is 0 Å². The highest BCUT2D eigenvalue weighted by atomic mass is 32.2. The van der Waals surface area contributed by atoms with Crippen LogP contribution in [-0.4, -0.2) is 19.1 Å². The molecule has 0 radical (unpaired) electrons. The molecule has 0 bridgehead atoms. The number of hydrogen-bond acceptors (Lipinski definition) is 3. The highest BCUT2D eigenvalue weighted by Gasteiger charge is 2.52. The maximum atomic E-state index is 11.7. The molecule has 15 heavy (non-hydrogen) atoms. The average Bonchev–Trinajstić information content (AvgIpc) is 2.97. The lowest BCUT2D eigenvalue weighted by Crippen LogP contribution is -2.39. The van der Waals surface area contributed by atoms with E-state index in [1.165, 1.54) is 0 Å². The van der Waals surface area contributed by atoms with Crippen LogP contribution in [0.25, 0.3) is 0 Å². The largest absolute Gasteiger partial charge is 0.274 e. The Morgan fingerprint density at radius 2 is 2.07 bits per heavy atom. The van der Waals surface area contributed by atoms with E-state index < -0.39 is 14.8 Å². The summed E-state index contributed by atoms with van der Waals surface area (Å²) in [5, 5.41) is 0. The lowest BCUT2D eigenvalue weighted by atomic mass is 10.2. The molecule has 0 aromatic carbocycles. The van der Waals surface area contributed by atoms with Crippen molar-refractivity contribution in [1.82, 2.24) is 4.72 Å². The summed E-state index contributed by atoms with van der Waals surface area (Å²) in [7, 11) is -3.42. The van der Waals surface area contributed by atoms with Gasteiger partial charge in [0.25, 0.3) is 0 Å². The van der Waals surface area contributed by atoms with Crippen molar-refractivity contribution in [1.29, 1.82) is 0 Å². The van der Waals surface area contributed by atoms with E-state index in [9.17, 15) is 13.2 Å². The molecule has 0 aliphatic heterocycles. The van der Waals surface area contributed by atoms with Crippen LogP contribution in [0.5, 0.6) is 0 Å². The monoisotopic (exact) mass is 231 g/mol. The first-order valence-electron chi connectivity index (χ1n) is 5.46. The van der Waals surface area contributed by atoms with Gasteiger partial charge in [-0.05, 0) is 32.1 Å². The molecule has 4 nitrogen and oxygen atoms in total. The lowest BCUT2D eigenvalue weighted by Gasteiger charge is -2.11. The molecule has 2 atom stereocenters. The molecule has 0 heterocycles. The minimum absolute atomic E-state index is 0.0628. The summed E-state index contributed by atoms with van der Waals surface area (Å²) in [5.74, 6) is 0.0364. The fraction of sp³-hybridized carbons (Fsp3) is 0.900. The molecule has 2 aliphatic rings. The summed E-state index contributed by atoms with van der Waals surface area (Å²) >= 11 is 0. The number of sulfonamides is 1. The van der Waals surface area contributed by atoms with Gasteiger partial charge in [0, 0.05) is 5.92 Å². The van der Waals surface area contributed by atoms with Crippen molar-refractivity contribution in [2.24, 2.45) is 11.8 Å². The van der Waals surface area contributed by atoms with Gasteiger partial charge in [-0.2, -0.15) is 0 Å². The van der Waals surface area contributed by atoms with Crippen molar-refractivity contribution in [2.75, 3.05) is 0 Å². The highest BCUT2D eigenvalue weighted by Crippen LogP contribution is 2.44. The first-order chi connectivity index (χ1) is 6.89. The van der Waals surface area contributed by atoms with Crippen LogP contribution < -0.4 is 4.72 Å². The van der Waals surface area contributed by atoms with Gasteiger partial charge in [0.05, 0.1) is 4.75 Å². The molecule has 2 unspecified atom stereocenters. The Hall–Kier alpha value is -0.580. The van der Waals surface area contributed by atoms with E-state index in [4.69, 9.17) is 0 Å². The molecular weight excluding hydrogens is 214 g/mol. The molecule has 0 aromatic rings. The topological polar surface area (TPSA) is 63.2 Å². The SMILES string of the molecule is CCC1CC1C(=O)NS(=O)(=O)C1(C)CC1. The normalized spacial score (nSPS) is 32.1. The van der Waals surface area contributed by atoms with Gasteiger partial charge in [-0.25, -0.2) is 8.42 Å². The Kier molecular flexibility index (Phi) is 2.33. The van der Waals surface area contributed by atoms with Crippen LogP contribution >= 0.6 is 0 Å². The number of carbonyl (C=O) groups is 1. The van der Waals surface area contributed by atoms with E-state index in [0.29, 0.717) is 18.8 Å². The summed E-state index contributed by atoms with van der Waals surface area (Å²) in [6, 6.07) is 0. The number of nitrogens with one attached hydrogen (secondary N) is 1. The summed E-state index contributed by atoms with van der Waals surface area (Å²) in [4.78, 5) is 11.6. The second-order valence-corrected chi connectivity index (χ2v) is 7.13. The summed E-state index contributed by atoms with van der Waals surface area (Å²) in [6.07, 6.45) is 3.12. The van der Waals surface area contributed by atoms with E-state index >= 15 is 0 Å². The molecule has 0 saturated heterocycles. The Morgan fingerprint density at radius 1 is 1.47 bits per heavy atom. The smallest absolute Gasteiger partial charge is 0.240 e. The third-order valence-corrected chi connectivity index (χ3v) is 5.80. The highest BCUT2D eigenvalue weighted by molar-refractivity contribution is 7.91. The van der Waals surface area contributed by atoms with Crippen LogP contribution in [0.15, 0.2) is 0 Å². The van der Waals surface area contributed by atoms with E-state index in [0.717, 1.165) is 12.8 Å². The van der Waals surface area contributed by atoms with Gasteiger partial charge < -0.3 is 0 Å². The zero-order valence-electron chi connectivity index (χ0n) is 9.12. The molecule has 2 aliphatic carbocycles. The van der Waals surface area contributed by atoms with Crippen LogP contribution in [-0.2, 0) is 14.8 Å². The van der Waals surface area contributed by atoms with Gasteiger partial charge in [0.2, 0.25) is 15.9 Å². The Labute approximate surface area is 90.5 Å². The van der Waals surface area contributed by atoms with Crippen LogP contribution in [0.4, 0.5) is 0 Å². The van der Waals surface area contributed by atoms with Crippen LogP contribution in [0.2, 0.25) is 0 Å². The van der Waals surface area contributed by atoms with Gasteiger partial charge in [0.15, 0.2) is 0 Å². The Morgan fingerprint density at radius 3 is 2.47 bits per heavy atom. The molecule has 2 fully saturated rings. The minimum Gasteiger partial charge on any atom is -0.274 e. The first kappa shape index (κ1) is 10.9. The second-order valence-electron chi connectivity index (χ2n) is 4.93. The number of amides is 1. The van der Waals surface area contributed by atoms with Crippen LogP contribution in [0.1, 0.15) is 39.5 Å². The molecule has 2 rings (SSSR count). The van der Waals surface area contributed by atoms with Gasteiger partial charge in [-0.15, -0.1) is 0 Å². The molecule has 86 valence electrons. The minimum atomic E-state index is -3.42. The lowest BCUT2D eigenvalue weighted by molar-refractivity contribution is -0.120. The van der Waals surface area contributed by atoms with E-state index in [1.807, 2.05) is 6.92 Å². The van der Waals surface area contributed by atoms with Gasteiger partial charge >= 0.3 is 0 Å². The van der Waals surface area contributed by atoms with Crippen molar-refractivity contribution >= 4 is 15.9 Å². The molecule has 0 aromatic heterocycles. The maximum Gasteiger partial charge on any atom is 0.240 e. The van der Waals surface area contributed by atoms with Crippen LogP contribution in [0, 0.1) is 11.8 Å².